The lowest BCUT2D eigenvalue weighted by atomic mass is 9.46. The lowest BCUT2D eigenvalue weighted by Crippen LogP contribution is -2.64. The molecule has 0 aromatic carbocycles. The summed E-state index contributed by atoms with van der Waals surface area (Å²) in [6, 6.07) is 0. The Morgan fingerprint density at radius 2 is 1.22 bits per heavy atom. The molecule has 22 heteroatoms. The van der Waals surface area contributed by atoms with Gasteiger partial charge in [-0.1, -0.05) is 32.4 Å². The summed E-state index contributed by atoms with van der Waals surface area (Å²) in [5, 5.41) is 138. The smallest absolute Gasteiger partial charge is 0.187 e. The molecule has 22 nitrogen and oxygen atoms in total. The van der Waals surface area contributed by atoms with Crippen LogP contribution in [0.1, 0.15) is 92.9 Å². The first-order chi connectivity index (χ1) is 34.5. The van der Waals surface area contributed by atoms with Crippen LogP contribution in [0.25, 0.3) is 0 Å². The summed E-state index contributed by atoms with van der Waals surface area (Å²) in [4.78, 5) is 0. The average Bonchev–Trinajstić information content (AvgIpc) is 3.85. The molecule has 9 rings (SSSR count). The van der Waals surface area contributed by atoms with E-state index in [0.29, 0.717) is 31.1 Å². The van der Waals surface area contributed by atoms with E-state index in [-0.39, 0.29) is 42.3 Å². The van der Waals surface area contributed by atoms with E-state index in [1.54, 1.807) is 0 Å². The number of fused-ring (bicyclic) bond motifs is 7. The van der Waals surface area contributed by atoms with Gasteiger partial charge in [0.2, 0.25) is 0 Å². The Kier molecular flexibility index (Phi) is 16.9. The Bertz CT molecular complexity index is 1960. The van der Waals surface area contributed by atoms with Crippen LogP contribution in [0.3, 0.4) is 0 Å². The van der Waals surface area contributed by atoms with Crippen molar-refractivity contribution in [2.24, 2.45) is 40.4 Å². The second kappa shape index (κ2) is 21.9. The van der Waals surface area contributed by atoms with Crippen molar-refractivity contribution >= 4 is 0 Å². The van der Waals surface area contributed by atoms with Crippen molar-refractivity contribution < 1.29 is 109 Å². The summed E-state index contributed by atoms with van der Waals surface area (Å²) >= 11 is 0. The first kappa shape index (κ1) is 56.2. The van der Waals surface area contributed by atoms with Gasteiger partial charge in [-0.2, -0.15) is 0 Å². The lowest BCUT2D eigenvalue weighted by Gasteiger charge is -2.59. The van der Waals surface area contributed by atoms with Crippen LogP contribution in [0.2, 0.25) is 0 Å². The highest BCUT2D eigenvalue weighted by Crippen LogP contribution is 2.69. The number of allylic oxidation sites excluding steroid dienone is 2. The van der Waals surface area contributed by atoms with Crippen LogP contribution in [0, 0.1) is 40.4 Å². The molecule has 30 atom stereocenters. The van der Waals surface area contributed by atoms with Crippen LogP contribution in [0.15, 0.2) is 23.0 Å². The Morgan fingerprint density at radius 1 is 0.658 bits per heavy atom. The van der Waals surface area contributed by atoms with Gasteiger partial charge in [-0.25, -0.2) is 0 Å². The molecule has 5 heterocycles. The first-order valence-corrected chi connectivity index (χ1v) is 26.5. The van der Waals surface area contributed by atoms with Crippen molar-refractivity contribution in [3.05, 3.63) is 23.0 Å². The number of ether oxygens (including phenoxy) is 9. The number of aliphatic hydroxyl groups excluding tert-OH is 13. The second-order valence-corrected chi connectivity index (χ2v) is 23.3. The van der Waals surface area contributed by atoms with E-state index in [4.69, 9.17) is 42.6 Å². The molecule has 73 heavy (non-hydrogen) atoms. The van der Waals surface area contributed by atoms with E-state index in [0.717, 1.165) is 37.0 Å². The van der Waals surface area contributed by atoms with Crippen molar-refractivity contribution in [3.63, 3.8) is 0 Å². The van der Waals surface area contributed by atoms with Gasteiger partial charge in [-0.05, 0) is 94.0 Å². The zero-order valence-electron chi connectivity index (χ0n) is 42.5. The van der Waals surface area contributed by atoms with Crippen molar-refractivity contribution in [2.75, 3.05) is 19.8 Å². The van der Waals surface area contributed by atoms with Gasteiger partial charge >= 0.3 is 0 Å². The zero-order chi connectivity index (χ0) is 52.7. The van der Waals surface area contributed by atoms with Gasteiger partial charge in [0.25, 0.3) is 0 Å². The monoisotopic (exact) mass is 1050 g/mol. The normalized spacial score (nSPS) is 53.4. The molecule has 0 radical (unpaired) electrons. The van der Waals surface area contributed by atoms with Crippen LogP contribution in [-0.2, 0) is 42.6 Å². The molecule has 0 spiro atoms. The second-order valence-electron chi connectivity index (χ2n) is 23.3. The topological polar surface area (TPSA) is 346 Å². The molecule has 5 aliphatic heterocycles. The van der Waals surface area contributed by atoms with Gasteiger partial charge in [0, 0.05) is 24.2 Å². The fraction of sp³-hybridized carbons (Fsp3) is 0.922. The number of hydrogen-bond donors (Lipinski definition) is 13. The predicted octanol–water partition coefficient (Wildman–Crippen LogP) is -2.06. The molecule has 4 aliphatic carbocycles. The van der Waals surface area contributed by atoms with Gasteiger partial charge in [0.05, 0.1) is 50.0 Å². The van der Waals surface area contributed by atoms with E-state index in [2.05, 4.69) is 26.8 Å². The molecule has 9 aliphatic rings. The highest BCUT2D eigenvalue weighted by molar-refractivity contribution is 5.31. The third kappa shape index (κ3) is 10.0. The molecule has 0 amide bonds. The van der Waals surface area contributed by atoms with E-state index in [9.17, 15) is 66.4 Å². The minimum Gasteiger partial charge on any atom is -0.494 e. The van der Waals surface area contributed by atoms with Crippen LogP contribution < -0.4 is 0 Å². The summed E-state index contributed by atoms with van der Waals surface area (Å²) < 4.78 is 54.3. The number of hydrogen-bond acceptors (Lipinski definition) is 22. The van der Waals surface area contributed by atoms with E-state index >= 15 is 0 Å². The third-order valence-electron chi connectivity index (χ3n) is 19.0. The quantitative estimate of drug-likeness (QED) is 0.0832. The largest absolute Gasteiger partial charge is 0.494 e. The van der Waals surface area contributed by atoms with Gasteiger partial charge in [-0.15, -0.1) is 0 Å². The van der Waals surface area contributed by atoms with E-state index < -0.39 is 154 Å². The van der Waals surface area contributed by atoms with Crippen molar-refractivity contribution in [1.29, 1.82) is 0 Å². The molecule has 4 saturated heterocycles. The fourth-order valence-corrected chi connectivity index (χ4v) is 14.5. The fourth-order valence-electron chi connectivity index (χ4n) is 14.5. The summed E-state index contributed by atoms with van der Waals surface area (Å²) in [6.45, 7) is 10.6. The SMILES string of the molecule is CC1=C(CCC(C)COC2OC(CO)C(O)C(O)C2OC2OC(C)C(O)C(O)C2O)OC2CC3C4CC=C5CC(OC6OC(CO)C(O)C(O)C6OC6OC(C)C(O)C(O)C6O)CC(O)C5(C)C4CCC3(C)C12. The van der Waals surface area contributed by atoms with Gasteiger partial charge in [-0.3, -0.25) is 0 Å². The Labute approximate surface area is 425 Å². The zero-order valence-corrected chi connectivity index (χ0v) is 42.5. The molecule has 0 bridgehead atoms. The van der Waals surface area contributed by atoms with Crippen LogP contribution in [0.4, 0.5) is 0 Å². The van der Waals surface area contributed by atoms with Crippen molar-refractivity contribution in [3.8, 4) is 0 Å². The predicted molar refractivity (Wildman–Crippen MR) is 249 cm³/mol. The average molecular weight is 1050 g/mol. The minimum atomic E-state index is -1.70. The van der Waals surface area contributed by atoms with E-state index in [1.807, 2.05) is 6.92 Å². The van der Waals surface area contributed by atoms with Crippen LogP contribution in [0.5, 0.6) is 0 Å². The first-order valence-electron chi connectivity index (χ1n) is 26.5. The highest BCUT2D eigenvalue weighted by Gasteiger charge is 2.65. The van der Waals surface area contributed by atoms with Crippen molar-refractivity contribution in [1.82, 2.24) is 0 Å². The molecular weight excluding hydrogens is 965 g/mol. The summed E-state index contributed by atoms with van der Waals surface area (Å²) in [7, 11) is 0. The number of rotatable bonds is 14. The van der Waals surface area contributed by atoms with Crippen LogP contribution in [-0.4, -0.2) is 227 Å². The summed E-state index contributed by atoms with van der Waals surface area (Å²) in [6.07, 6.45) is -22.1. The Morgan fingerprint density at radius 3 is 1.79 bits per heavy atom. The summed E-state index contributed by atoms with van der Waals surface area (Å²) in [5.74, 6) is 1.98. The van der Waals surface area contributed by atoms with Gasteiger partial charge in [0.15, 0.2) is 25.2 Å². The molecule has 13 N–H and O–H groups in total. The van der Waals surface area contributed by atoms with Crippen LogP contribution >= 0.6 is 0 Å². The number of aliphatic hydroxyl groups is 13. The molecule has 0 aromatic rings. The van der Waals surface area contributed by atoms with Crippen molar-refractivity contribution in [2.45, 2.75) is 234 Å². The molecule has 418 valence electrons. The molecule has 30 unspecified atom stereocenters. The Hall–Kier alpha value is -1.56. The molecule has 3 saturated carbocycles. The Balaban J connectivity index is 0.821. The summed E-state index contributed by atoms with van der Waals surface area (Å²) in [5.41, 5.74) is 1.74. The maximum Gasteiger partial charge on any atom is 0.187 e. The maximum atomic E-state index is 12.2. The standard InChI is InChI=1S/C51H82O22/c1-19(18-65-48-44(40(61)36(57)30(16-52)70-48)72-46-42(63)38(59)34(55)21(3)66-46)7-10-28-20(2)33-29(69-28)15-27-25-9-8-23-13-24(14-32(54)51(23,6)26(25)11-12-50(27,33)5)68-49-45(41(62)37(58)31(17-53)71-49)73-47-43(64)39(60)35(56)22(4)67-47/h8,19,21-22,24-27,29-49,52-64H,7,9-18H2,1-6H3. The lowest BCUT2D eigenvalue weighted by molar-refractivity contribution is -0.370. The van der Waals surface area contributed by atoms with Gasteiger partial charge in [0.1, 0.15) is 91.6 Å². The third-order valence-corrected chi connectivity index (χ3v) is 19.0. The van der Waals surface area contributed by atoms with E-state index in [1.165, 1.54) is 19.4 Å². The highest BCUT2D eigenvalue weighted by atomic mass is 16.8. The minimum absolute atomic E-state index is 0.0121. The maximum absolute atomic E-state index is 12.2. The van der Waals surface area contributed by atoms with Gasteiger partial charge < -0.3 is 109 Å². The molecule has 0 aromatic heterocycles. The molecule has 7 fully saturated rings. The molecular formula is C51H82O22.